The molecule has 1 rings (SSSR count). The Morgan fingerprint density at radius 2 is 1.90 bits per heavy atom. The number of amides is 2. The number of nitrogens with one attached hydrogen (secondary N) is 1. The summed E-state index contributed by atoms with van der Waals surface area (Å²) in [5.41, 5.74) is 1.29. The van der Waals surface area contributed by atoms with Crippen molar-refractivity contribution in [2.75, 3.05) is 11.9 Å². The van der Waals surface area contributed by atoms with E-state index in [-0.39, 0.29) is 18.5 Å². The summed E-state index contributed by atoms with van der Waals surface area (Å²) >= 11 is 0. The van der Waals surface area contributed by atoms with Gasteiger partial charge in [0.25, 0.3) is 0 Å². The highest BCUT2D eigenvalue weighted by Gasteiger charge is 2.18. The van der Waals surface area contributed by atoms with Gasteiger partial charge in [-0.1, -0.05) is 26.0 Å². The lowest BCUT2D eigenvalue weighted by Gasteiger charge is -2.28. The zero-order valence-corrected chi connectivity index (χ0v) is 13.1. The van der Waals surface area contributed by atoms with Crippen molar-refractivity contribution in [3.8, 4) is 0 Å². The molecule has 0 atom stereocenters. The summed E-state index contributed by atoms with van der Waals surface area (Å²) in [6.07, 6.45) is -0.0520. The second-order valence-electron chi connectivity index (χ2n) is 5.84. The van der Waals surface area contributed by atoms with Crippen LogP contribution in [0.15, 0.2) is 24.3 Å². The third-order valence-corrected chi connectivity index (χ3v) is 2.98. The largest absolute Gasteiger partial charge is 0.481 e. The van der Waals surface area contributed by atoms with Gasteiger partial charge in [-0.15, -0.1) is 0 Å². The first-order valence-electron chi connectivity index (χ1n) is 7.18. The van der Waals surface area contributed by atoms with Gasteiger partial charge in [0.05, 0.1) is 6.42 Å². The zero-order valence-electron chi connectivity index (χ0n) is 13.1. The molecule has 0 aliphatic carbocycles. The van der Waals surface area contributed by atoms with E-state index in [0.29, 0.717) is 23.7 Å². The fourth-order valence-electron chi connectivity index (χ4n) is 2.05. The SMILES string of the molecule is CC(C)CN(C(=O)Nc1cccc(CC(=O)O)c1)C(C)C. The molecule has 0 aromatic heterocycles. The van der Waals surface area contributed by atoms with E-state index in [2.05, 4.69) is 19.2 Å². The minimum absolute atomic E-state index is 0.0520. The van der Waals surface area contributed by atoms with E-state index in [9.17, 15) is 9.59 Å². The predicted octanol–water partition coefficient (Wildman–Crippen LogP) is 3.21. The highest BCUT2D eigenvalue weighted by Crippen LogP contribution is 2.14. The van der Waals surface area contributed by atoms with Crippen LogP contribution >= 0.6 is 0 Å². The monoisotopic (exact) mass is 292 g/mol. The molecule has 1 aromatic carbocycles. The van der Waals surface area contributed by atoms with Crippen molar-refractivity contribution in [1.29, 1.82) is 0 Å². The number of carboxylic acids is 1. The van der Waals surface area contributed by atoms with Gasteiger partial charge in [0, 0.05) is 18.3 Å². The Bertz CT molecular complexity index is 498. The Labute approximate surface area is 126 Å². The number of carboxylic acid groups (broad SMARTS) is 1. The topological polar surface area (TPSA) is 69.6 Å². The molecule has 0 bridgehead atoms. The van der Waals surface area contributed by atoms with Crippen LogP contribution in [0.4, 0.5) is 10.5 Å². The molecular weight excluding hydrogens is 268 g/mol. The smallest absolute Gasteiger partial charge is 0.322 e. The Balaban J connectivity index is 2.78. The van der Waals surface area contributed by atoms with Crippen LogP contribution in [0.1, 0.15) is 33.3 Å². The van der Waals surface area contributed by atoms with Crippen LogP contribution in [-0.2, 0) is 11.2 Å². The van der Waals surface area contributed by atoms with E-state index in [4.69, 9.17) is 5.11 Å². The van der Waals surface area contributed by atoms with Crippen LogP contribution < -0.4 is 5.32 Å². The molecule has 0 spiro atoms. The maximum Gasteiger partial charge on any atom is 0.322 e. The molecule has 0 fully saturated rings. The van der Waals surface area contributed by atoms with E-state index >= 15 is 0 Å². The average molecular weight is 292 g/mol. The van der Waals surface area contributed by atoms with Gasteiger partial charge in [0.2, 0.25) is 0 Å². The van der Waals surface area contributed by atoms with Crippen molar-refractivity contribution in [3.63, 3.8) is 0 Å². The maximum absolute atomic E-state index is 12.3. The molecule has 21 heavy (non-hydrogen) atoms. The molecule has 0 saturated heterocycles. The van der Waals surface area contributed by atoms with Crippen LogP contribution in [0.2, 0.25) is 0 Å². The van der Waals surface area contributed by atoms with Crippen LogP contribution in [0, 0.1) is 5.92 Å². The lowest BCUT2D eigenvalue weighted by molar-refractivity contribution is -0.136. The number of hydrogen-bond donors (Lipinski definition) is 2. The number of benzene rings is 1. The van der Waals surface area contributed by atoms with E-state index < -0.39 is 5.97 Å². The van der Waals surface area contributed by atoms with Gasteiger partial charge in [-0.25, -0.2) is 4.79 Å². The molecule has 1 aromatic rings. The number of nitrogens with zero attached hydrogens (tertiary/aromatic N) is 1. The van der Waals surface area contributed by atoms with Crippen molar-refractivity contribution < 1.29 is 14.7 Å². The maximum atomic E-state index is 12.3. The van der Waals surface area contributed by atoms with Crippen LogP contribution in [0.25, 0.3) is 0 Å². The third-order valence-electron chi connectivity index (χ3n) is 2.98. The van der Waals surface area contributed by atoms with Gasteiger partial charge in [-0.05, 0) is 37.5 Å². The number of carbonyl (C=O) groups is 2. The third kappa shape index (κ3) is 5.85. The molecule has 2 amide bonds. The number of rotatable bonds is 6. The number of carbonyl (C=O) groups excluding carboxylic acids is 1. The fraction of sp³-hybridized carbons (Fsp3) is 0.500. The molecule has 116 valence electrons. The van der Waals surface area contributed by atoms with Crippen LogP contribution in [0.5, 0.6) is 0 Å². The van der Waals surface area contributed by atoms with Crippen molar-refractivity contribution in [1.82, 2.24) is 4.90 Å². The molecule has 0 saturated carbocycles. The lowest BCUT2D eigenvalue weighted by atomic mass is 10.1. The Morgan fingerprint density at radius 1 is 1.24 bits per heavy atom. The minimum atomic E-state index is -0.887. The van der Waals surface area contributed by atoms with Gasteiger partial charge in [-0.3, -0.25) is 4.79 Å². The normalized spacial score (nSPS) is 10.8. The first kappa shape index (κ1) is 17.0. The minimum Gasteiger partial charge on any atom is -0.481 e. The summed E-state index contributed by atoms with van der Waals surface area (Å²) in [7, 11) is 0. The summed E-state index contributed by atoms with van der Waals surface area (Å²) < 4.78 is 0. The quantitative estimate of drug-likeness (QED) is 0.845. The number of urea groups is 1. The predicted molar refractivity (Wildman–Crippen MR) is 83.5 cm³/mol. The van der Waals surface area contributed by atoms with Gasteiger partial charge < -0.3 is 15.3 Å². The summed E-state index contributed by atoms with van der Waals surface area (Å²) in [6.45, 7) is 8.76. The highest BCUT2D eigenvalue weighted by molar-refractivity contribution is 5.89. The number of hydrogen-bond acceptors (Lipinski definition) is 2. The molecule has 2 N–H and O–H groups in total. The molecule has 5 nitrogen and oxygen atoms in total. The summed E-state index contributed by atoms with van der Waals surface area (Å²) in [4.78, 5) is 24.8. The van der Waals surface area contributed by atoms with E-state index in [1.54, 1.807) is 29.2 Å². The van der Waals surface area contributed by atoms with Gasteiger partial charge in [-0.2, -0.15) is 0 Å². The van der Waals surface area contributed by atoms with Crippen LogP contribution in [0.3, 0.4) is 0 Å². The molecule has 0 unspecified atom stereocenters. The van der Waals surface area contributed by atoms with Crippen molar-refractivity contribution >= 4 is 17.7 Å². The van der Waals surface area contributed by atoms with Gasteiger partial charge >= 0.3 is 12.0 Å². The molecule has 5 heteroatoms. The summed E-state index contributed by atoms with van der Waals surface area (Å²) in [6, 6.07) is 6.88. The van der Waals surface area contributed by atoms with Crippen molar-refractivity contribution in [2.45, 2.75) is 40.2 Å². The summed E-state index contributed by atoms with van der Waals surface area (Å²) in [5.74, 6) is -0.501. The molecule has 0 heterocycles. The van der Waals surface area contributed by atoms with Gasteiger partial charge in [0.15, 0.2) is 0 Å². The highest BCUT2D eigenvalue weighted by atomic mass is 16.4. The van der Waals surface area contributed by atoms with E-state index in [1.165, 1.54) is 0 Å². The molecule has 0 aliphatic heterocycles. The zero-order chi connectivity index (χ0) is 16.0. The molecular formula is C16H24N2O3. The Morgan fingerprint density at radius 3 is 2.43 bits per heavy atom. The second-order valence-corrected chi connectivity index (χ2v) is 5.84. The average Bonchev–Trinajstić information content (AvgIpc) is 2.34. The first-order chi connectivity index (χ1) is 9.79. The first-order valence-corrected chi connectivity index (χ1v) is 7.18. The summed E-state index contributed by atoms with van der Waals surface area (Å²) in [5, 5.41) is 11.6. The molecule has 0 aliphatic rings. The standard InChI is InChI=1S/C16H24N2O3/c1-11(2)10-18(12(3)4)16(21)17-14-7-5-6-13(8-14)9-15(19)20/h5-8,11-12H,9-10H2,1-4H3,(H,17,21)(H,19,20). The number of aliphatic carboxylic acids is 1. The van der Waals surface area contributed by atoms with Crippen molar-refractivity contribution in [2.24, 2.45) is 5.92 Å². The van der Waals surface area contributed by atoms with Gasteiger partial charge in [0.1, 0.15) is 0 Å². The fourth-order valence-corrected chi connectivity index (χ4v) is 2.05. The Hall–Kier alpha value is -2.04. The van der Waals surface area contributed by atoms with Crippen LogP contribution in [-0.4, -0.2) is 34.6 Å². The lowest BCUT2D eigenvalue weighted by Crippen LogP contribution is -2.42. The van der Waals surface area contributed by atoms with E-state index in [1.807, 2.05) is 13.8 Å². The Kier molecular flexibility index (Phi) is 6.21. The van der Waals surface area contributed by atoms with Crippen molar-refractivity contribution in [3.05, 3.63) is 29.8 Å². The molecule has 0 radical (unpaired) electrons. The number of anilines is 1. The second kappa shape index (κ2) is 7.67. The van der Waals surface area contributed by atoms with E-state index in [0.717, 1.165) is 0 Å².